The van der Waals surface area contributed by atoms with Crippen molar-refractivity contribution in [1.82, 2.24) is 15.4 Å². The highest BCUT2D eigenvalue weighted by molar-refractivity contribution is 8.45. The van der Waals surface area contributed by atoms with Crippen LogP contribution >= 0.6 is 10.2 Å². The van der Waals surface area contributed by atoms with E-state index in [4.69, 9.17) is 4.74 Å². The van der Waals surface area contributed by atoms with E-state index in [1.807, 2.05) is 0 Å². The molecule has 0 bridgehead atoms. The summed E-state index contributed by atoms with van der Waals surface area (Å²) in [6, 6.07) is 2.08. The molecule has 0 amide bonds. The van der Waals surface area contributed by atoms with Gasteiger partial charge in [0.25, 0.3) is 5.88 Å². The Morgan fingerprint density at radius 2 is 1.61 bits per heavy atom. The average molecular weight is 287 g/mol. The van der Waals surface area contributed by atoms with Crippen LogP contribution in [0.3, 0.4) is 0 Å². The lowest BCUT2D eigenvalue weighted by molar-refractivity contribution is 0.363. The molecule has 0 fully saturated rings. The third-order valence-electron chi connectivity index (χ3n) is 1.88. The highest BCUT2D eigenvalue weighted by Crippen LogP contribution is 3.02. The molecule has 100 valence electrons. The number of benzene rings is 1. The van der Waals surface area contributed by atoms with Gasteiger partial charge in [0.1, 0.15) is 16.8 Å². The molecule has 10 heteroatoms. The topological polar surface area (TPSA) is 50.8 Å². The summed E-state index contributed by atoms with van der Waals surface area (Å²) >= 11 is 0. The number of hydrogen-bond donors (Lipinski definition) is 1. The van der Waals surface area contributed by atoms with E-state index in [-0.39, 0.29) is 23.8 Å². The Morgan fingerprint density at radius 3 is 2.06 bits per heavy atom. The Kier molecular flexibility index (Phi) is 2.19. The van der Waals surface area contributed by atoms with E-state index in [1.165, 1.54) is 6.20 Å². The highest BCUT2D eigenvalue weighted by atomic mass is 32.5. The molecule has 0 spiro atoms. The van der Waals surface area contributed by atoms with Crippen LogP contribution in [0.15, 0.2) is 35.4 Å². The minimum absolute atomic E-state index is 0.00934. The fourth-order valence-corrected chi connectivity index (χ4v) is 1.78. The summed E-state index contributed by atoms with van der Waals surface area (Å²) in [4.78, 5) is -1.97. The number of aromatic nitrogens is 3. The monoisotopic (exact) mass is 287 g/mol. The molecule has 1 N–H and O–H groups in total. The zero-order chi connectivity index (χ0) is 13.5. The number of aromatic amines is 1. The summed E-state index contributed by atoms with van der Waals surface area (Å²) in [6.45, 7) is 0. The molecule has 2 aromatic rings. The lowest BCUT2D eigenvalue weighted by atomic mass is 10.3. The summed E-state index contributed by atoms with van der Waals surface area (Å²) in [6.07, 6.45) is 1.18. The largest absolute Gasteiger partial charge is 0.436 e. The molecule has 0 aliphatic carbocycles. The maximum atomic E-state index is 12.4. The normalized spacial score (nSPS) is 15.8. The number of nitrogens with zero attached hydrogens (tertiary/aromatic N) is 2. The molecule has 18 heavy (non-hydrogen) atoms. The third kappa shape index (κ3) is 2.88. The van der Waals surface area contributed by atoms with Crippen LogP contribution in [0.4, 0.5) is 19.4 Å². The Hall–Kier alpha value is -1.84. The molecule has 0 saturated carbocycles. The van der Waals surface area contributed by atoms with Crippen molar-refractivity contribution in [3.8, 4) is 11.6 Å². The van der Waals surface area contributed by atoms with E-state index in [1.54, 1.807) is 0 Å². The van der Waals surface area contributed by atoms with Gasteiger partial charge in [0, 0.05) is 0 Å². The van der Waals surface area contributed by atoms with E-state index in [9.17, 15) is 19.4 Å². The Labute approximate surface area is 97.5 Å². The number of nitrogens with one attached hydrogen (secondary N) is 1. The summed E-state index contributed by atoms with van der Waals surface area (Å²) < 4.78 is 66.9. The van der Waals surface area contributed by atoms with Crippen LogP contribution in [0.1, 0.15) is 0 Å². The van der Waals surface area contributed by atoms with Gasteiger partial charge in [-0.3, -0.25) is 0 Å². The molecule has 0 atom stereocenters. The first kappa shape index (κ1) is 12.6. The first-order chi connectivity index (χ1) is 8.04. The lowest BCUT2D eigenvalue weighted by Crippen LogP contribution is -2.05. The second-order valence-electron chi connectivity index (χ2n) is 3.35. The Bertz CT molecular complexity index is 550. The quantitative estimate of drug-likeness (QED) is 0.858. The Morgan fingerprint density at radius 1 is 1.00 bits per heavy atom. The summed E-state index contributed by atoms with van der Waals surface area (Å²) in [7, 11) is -9.63. The van der Waals surface area contributed by atoms with E-state index in [0.29, 0.717) is 0 Å². The van der Waals surface area contributed by atoms with Crippen LogP contribution in [0.25, 0.3) is 0 Å². The molecule has 1 heterocycles. The predicted molar refractivity (Wildman–Crippen MR) is 54.3 cm³/mol. The average Bonchev–Trinajstić information content (AvgIpc) is 2.67. The first-order valence-corrected chi connectivity index (χ1v) is 6.37. The van der Waals surface area contributed by atoms with Crippen LogP contribution in [0.5, 0.6) is 11.6 Å². The van der Waals surface area contributed by atoms with Crippen molar-refractivity contribution in [2.45, 2.75) is 4.90 Å². The van der Waals surface area contributed by atoms with E-state index >= 15 is 0 Å². The number of hydrogen-bond acceptors (Lipinski definition) is 3. The van der Waals surface area contributed by atoms with Crippen LogP contribution < -0.4 is 4.74 Å². The molecule has 2 rings (SSSR count). The second-order valence-corrected chi connectivity index (χ2v) is 5.76. The maximum absolute atomic E-state index is 12.4. The van der Waals surface area contributed by atoms with Crippen molar-refractivity contribution in [1.29, 1.82) is 0 Å². The van der Waals surface area contributed by atoms with E-state index < -0.39 is 15.1 Å². The van der Waals surface area contributed by atoms with Gasteiger partial charge in [0.05, 0.1) is 0 Å². The van der Waals surface area contributed by atoms with Crippen molar-refractivity contribution in [3.05, 3.63) is 30.5 Å². The van der Waals surface area contributed by atoms with Gasteiger partial charge in [-0.15, -0.1) is 5.10 Å². The highest BCUT2D eigenvalue weighted by Gasteiger charge is 2.65. The minimum Gasteiger partial charge on any atom is -0.436 e. The fourth-order valence-electron chi connectivity index (χ4n) is 1.13. The zero-order valence-electron chi connectivity index (χ0n) is 8.49. The van der Waals surface area contributed by atoms with Crippen molar-refractivity contribution in [3.63, 3.8) is 0 Å². The van der Waals surface area contributed by atoms with Gasteiger partial charge in [-0.2, -0.15) is 10.3 Å². The maximum Gasteiger partial charge on any atom is 0.310 e. The van der Waals surface area contributed by atoms with Crippen LogP contribution in [0.2, 0.25) is 0 Å². The summed E-state index contributed by atoms with van der Waals surface area (Å²) in [5.74, 6) is -0.0513. The molecule has 0 radical (unpaired) electrons. The van der Waals surface area contributed by atoms with Crippen molar-refractivity contribution < 1.29 is 24.2 Å². The van der Waals surface area contributed by atoms with Crippen LogP contribution in [0, 0.1) is 0 Å². The number of ether oxygens (including phenoxy) is 1. The van der Waals surface area contributed by atoms with Crippen molar-refractivity contribution in [2.24, 2.45) is 0 Å². The van der Waals surface area contributed by atoms with Crippen molar-refractivity contribution >= 4 is 10.2 Å². The smallest absolute Gasteiger partial charge is 0.310 e. The fraction of sp³-hybridized carbons (Fsp3) is 0. The van der Waals surface area contributed by atoms with Crippen LogP contribution in [-0.4, -0.2) is 15.4 Å². The second kappa shape index (κ2) is 3.13. The standard InChI is InChI=1S/C8H6F5N3OS/c9-18(10,11,12,13)7-3-1-6(2-4-7)17-8-5-14-16-15-8/h1-5H,(H,14,15,16). The number of halogens is 5. The third-order valence-corrected chi connectivity index (χ3v) is 3.05. The summed E-state index contributed by atoms with van der Waals surface area (Å²) in [5.41, 5.74) is 0. The molecule has 4 nitrogen and oxygen atoms in total. The molecule has 1 aromatic carbocycles. The molecular weight excluding hydrogens is 281 g/mol. The van der Waals surface area contributed by atoms with Gasteiger partial charge in [-0.25, -0.2) is 0 Å². The molecule has 0 aliphatic rings. The van der Waals surface area contributed by atoms with Gasteiger partial charge >= 0.3 is 10.2 Å². The van der Waals surface area contributed by atoms with Gasteiger partial charge < -0.3 is 4.74 Å². The lowest BCUT2D eigenvalue weighted by Gasteiger charge is -2.40. The van der Waals surface area contributed by atoms with Gasteiger partial charge in [0.2, 0.25) is 0 Å². The molecule has 0 aliphatic heterocycles. The molecule has 0 unspecified atom stereocenters. The minimum atomic E-state index is -9.63. The van der Waals surface area contributed by atoms with Gasteiger partial charge in [-0.1, -0.05) is 19.4 Å². The molecule has 0 saturated heterocycles. The number of rotatable bonds is 3. The zero-order valence-corrected chi connectivity index (χ0v) is 9.30. The van der Waals surface area contributed by atoms with Crippen molar-refractivity contribution in [2.75, 3.05) is 0 Å². The van der Waals surface area contributed by atoms with Gasteiger partial charge in [-0.05, 0) is 24.3 Å². The van der Waals surface area contributed by atoms with Gasteiger partial charge in [0.15, 0.2) is 0 Å². The molecular formula is C8H6F5N3OS. The van der Waals surface area contributed by atoms with E-state index in [0.717, 1.165) is 12.1 Å². The summed E-state index contributed by atoms with van der Waals surface area (Å²) in [5, 5.41) is 9.11. The number of H-pyrrole nitrogens is 1. The molecule has 1 aromatic heterocycles. The first-order valence-electron chi connectivity index (χ1n) is 4.42. The SMILES string of the molecule is FS(F)(F)(F)(F)c1ccc(Oc2cn[nH]n2)cc1. The van der Waals surface area contributed by atoms with E-state index in [2.05, 4.69) is 15.4 Å². The Balaban J connectivity index is 2.27. The predicted octanol–water partition coefficient (Wildman–Crippen LogP) is 4.25. The van der Waals surface area contributed by atoms with Crippen LogP contribution in [-0.2, 0) is 0 Å².